The number of hydrogen-bond acceptors (Lipinski definition) is 8. The Morgan fingerprint density at radius 2 is 1.52 bits per heavy atom. The van der Waals surface area contributed by atoms with Gasteiger partial charge in [0.2, 0.25) is 5.91 Å². The number of nitrogens with zero attached hydrogens (tertiary/aromatic N) is 1. The fourth-order valence-corrected chi connectivity index (χ4v) is 6.95. The van der Waals surface area contributed by atoms with E-state index in [1.807, 2.05) is 6.92 Å². The zero-order chi connectivity index (χ0) is 31.7. The predicted molar refractivity (Wildman–Crippen MR) is 174 cm³/mol. The van der Waals surface area contributed by atoms with Gasteiger partial charge in [-0.2, -0.15) is 5.53 Å². The minimum absolute atomic E-state index is 0.0606. The topological polar surface area (TPSA) is 125 Å². The van der Waals surface area contributed by atoms with E-state index in [1.165, 1.54) is 51.4 Å². The minimum atomic E-state index is -0.0823. The number of hydrazine groups is 2. The van der Waals surface area contributed by atoms with Crippen molar-refractivity contribution >= 4 is 11.9 Å². The molecule has 3 rings (SSSR count). The minimum Gasteiger partial charge on any atom is -0.378 e. The molecule has 3 amide bonds. The lowest BCUT2D eigenvalue weighted by molar-refractivity contribution is -0.121. The van der Waals surface area contributed by atoms with Crippen molar-refractivity contribution in [2.45, 2.75) is 129 Å². The molecule has 0 radical (unpaired) electrons. The Kier molecular flexibility index (Phi) is 16.7. The van der Waals surface area contributed by atoms with Crippen molar-refractivity contribution in [3.63, 3.8) is 0 Å². The van der Waals surface area contributed by atoms with Crippen LogP contribution in [0, 0.1) is 11.3 Å². The number of carbonyl (C=O) groups is 2. The second-order valence-electron chi connectivity index (χ2n) is 14.1. The van der Waals surface area contributed by atoms with E-state index < -0.39 is 0 Å². The van der Waals surface area contributed by atoms with Gasteiger partial charge in [0.05, 0.1) is 51.2 Å². The van der Waals surface area contributed by atoms with E-state index in [9.17, 15) is 9.59 Å². The summed E-state index contributed by atoms with van der Waals surface area (Å²) in [5.41, 5.74) is 7.48. The van der Waals surface area contributed by atoms with E-state index in [2.05, 4.69) is 52.7 Å². The zero-order valence-electron chi connectivity index (χ0n) is 28.3. The molecule has 2 saturated heterocycles. The Morgan fingerprint density at radius 1 is 0.886 bits per heavy atom. The monoisotopic (exact) mass is 624 g/mol. The van der Waals surface area contributed by atoms with Crippen molar-refractivity contribution in [3.8, 4) is 0 Å². The first-order valence-electron chi connectivity index (χ1n) is 17.6. The first kappa shape index (κ1) is 37.0. The van der Waals surface area contributed by atoms with Crippen LogP contribution < -0.4 is 26.9 Å². The molecule has 0 aromatic rings. The molecule has 1 unspecified atom stereocenters. The van der Waals surface area contributed by atoms with E-state index in [4.69, 9.17) is 14.2 Å². The maximum atomic E-state index is 12.0. The van der Waals surface area contributed by atoms with Crippen LogP contribution in [0.25, 0.3) is 0 Å². The number of ether oxygens (including phenoxy) is 3. The molecule has 0 spiro atoms. The van der Waals surface area contributed by atoms with Gasteiger partial charge in [0.25, 0.3) is 0 Å². The molecule has 0 bridgehead atoms. The highest BCUT2D eigenvalue weighted by atomic mass is 16.5. The van der Waals surface area contributed by atoms with Crippen molar-refractivity contribution < 1.29 is 23.8 Å². The van der Waals surface area contributed by atoms with Gasteiger partial charge >= 0.3 is 6.03 Å². The summed E-state index contributed by atoms with van der Waals surface area (Å²) in [6.07, 6.45) is 15.2. The van der Waals surface area contributed by atoms with Crippen LogP contribution in [0.5, 0.6) is 0 Å². The standard InChI is InChI=1S/C33H64N6O5/c1-27-29(36-31(41)35-27)16-12-9-13-17-30(40)34-18-20-42-22-24-44-25-23-43-21-19-39-26-33(37-38-39,32(2,3)4)28-14-10-7-5-6-8-11-15-28/h27-29,37-38H,5-26H2,1-4H3,(H,34,40)(H2,35,36,41)/t27-,29+,33?/m0/s1. The second-order valence-corrected chi connectivity index (χ2v) is 14.1. The first-order valence-corrected chi connectivity index (χ1v) is 17.6. The van der Waals surface area contributed by atoms with E-state index in [1.54, 1.807) is 0 Å². The third-order valence-corrected chi connectivity index (χ3v) is 9.78. The molecule has 0 aromatic carbocycles. The summed E-state index contributed by atoms with van der Waals surface area (Å²) in [4.78, 5) is 23.3. The average Bonchev–Trinajstić information content (AvgIpc) is 3.59. The number of rotatable bonds is 19. The number of nitrogens with one attached hydrogen (secondary N) is 5. The smallest absolute Gasteiger partial charge is 0.315 e. The molecule has 44 heavy (non-hydrogen) atoms. The van der Waals surface area contributed by atoms with Gasteiger partial charge in [-0.1, -0.05) is 72.1 Å². The van der Waals surface area contributed by atoms with Crippen LogP contribution in [0.4, 0.5) is 4.79 Å². The van der Waals surface area contributed by atoms with Crippen LogP contribution in [0.3, 0.4) is 0 Å². The third-order valence-electron chi connectivity index (χ3n) is 9.78. The number of amides is 3. The molecular weight excluding hydrogens is 560 g/mol. The van der Waals surface area contributed by atoms with Gasteiger partial charge in [0.1, 0.15) is 0 Å². The van der Waals surface area contributed by atoms with Gasteiger partial charge in [-0.3, -0.25) is 4.79 Å². The fourth-order valence-electron chi connectivity index (χ4n) is 6.95. The van der Waals surface area contributed by atoms with Crippen molar-refractivity contribution in [1.82, 2.24) is 31.9 Å². The van der Waals surface area contributed by atoms with Crippen LogP contribution in [-0.4, -0.2) is 93.8 Å². The lowest BCUT2D eigenvalue weighted by Crippen LogP contribution is -2.60. The molecule has 2 heterocycles. The summed E-state index contributed by atoms with van der Waals surface area (Å²) in [5.74, 6) is 0.744. The van der Waals surface area contributed by atoms with Crippen LogP contribution in [0.15, 0.2) is 0 Å². The maximum Gasteiger partial charge on any atom is 0.315 e. The Bertz CT molecular complexity index is 817. The Hall–Kier alpha value is -1.50. The van der Waals surface area contributed by atoms with Gasteiger partial charge in [-0.05, 0) is 43.9 Å². The first-order chi connectivity index (χ1) is 21.2. The molecule has 2 aliphatic heterocycles. The molecule has 3 fully saturated rings. The molecule has 0 aromatic heterocycles. The maximum absolute atomic E-state index is 12.0. The van der Waals surface area contributed by atoms with Crippen LogP contribution in [0.2, 0.25) is 0 Å². The Balaban J connectivity index is 1.13. The second kappa shape index (κ2) is 19.9. The highest BCUT2D eigenvalue weighted by Crippen LogP contribution is 2.43. The van der Waals surface area contributed by atoms with E-state index in [-0.39, 0.29) is 35.0 Å². The number of unbranched alkanes of at least 4 members (excludes halogenated alkanes) is 2. The quantitative estimate of drug-likeness (QED) is 0.137. The zero-order valence-corrected chi connectivity index (χ0v) is 28.3. The summed E-state index contributed by atoms with van der Waals surface area (Å²) < 4.78 is 17.1. The van der Waals surface area contributed by atoms with Crippen LogP contribution in [0.1, 0.15) is 111 Å². The fraction of sp³-hybridized carbons (Fsp3) is 0.939. The molecule has 11 nitrogen and oxygen atoms in total. The lowest BCUT2D eigenvalue weighted by atomic mass is 9.64. The van der Waals surface area contributed by atoms with Crippen LogP contribution in [-0.2, 0) is 19.0 Å². The summed E-state index contributed by atoms with van der Waals surface area (Å²) >= 11 is 0. The molecule has 3 aliphatic rings. The summed E-state index contributed by atoms with van der Waals surface area (Å²) in [5, 5.41) is 11.0. The highest BCUT2D eigenvalue weighted by Gasteiger charge is 2.51. The van der Waals surface area contributed by atoms with Crippen molar-refractivity contribution in [1.29, 1.82) is 0 Å². The molecular formula is C33H64N6O5. The Labute approximate surface area is 267 Å². The largest absolute Gasteiger partial charge is 0.378 e. The lowest BCUT2D eigenvalue weighted by Gasteiger charge is -2.47. The molecule has 3 atom stereocenters. The molecule has 256 valence electrons. The van der Waals surface area contributed by atoms with Gasteiger partial charge in [0, 0.05) is 32.1 Å². The average molecular weight is 625 g/mol. The molecule has 1 saturated carbocycles. The van der Waals surface area contributed by atoms with Gasteiger partial charge in [0.15, 0.2) is 0 Å². The Morgan fingerprint density at radius 3 is 2.16 bits per heavy atom. The van der Waals surface area contributed by atoms with Gasteiger partial charge in [-0.15, -0.1) is 0 Å². The van der Waals surface area contributed by atoms with Crippen molar-refractivity contribution in [3.05, 3.63) is 0 Å². The highest BCUT2D eigenvalue weighted by molar-refractivity contribution is 5.77. The summed E-state index contributed by atoms with van der Waals surface area (Å²) in [6.45, 7) is 14.8. The van der Waals surface area contributed by atoms with E-state index in [0.29, 0.717) is 58.5 Å². The van der Waals surface area contributed by atoms with Crippen LogP contribution >= 0.6 is 0 Å². The number of urea groups is 1. The number of hydrogen-bond donors (Lipinski definition) is 5. The van der Waals surface area contributed by atoms with Gasteiger partial charge < -0.3 is 30.2 Å². The van der Waals surface area contributed by atoms with Crippen molar-refractivity contribution in [2.24, 2.45) is 11.3 Å². The van der Waals surface area contributed by atoms with E-state index in [0.717, 1.165) is 38.8 Å². The normalized spacial score (nSPS) is 25.7. The number of carbonyl (C=O) groups excluding carboxylic acids is 2. The summed E-state index contributed by atoms with van der Waals surface area (Å²) in [7, 11) is 0. The molecule has 11 heteroatoms. The van der Waals surface area contributed by atoms with E-state index >= 15 is 0 Å². The van der Waals surface area contributed by atoms with Crippen molar-refractivity contribution in [2.75, 3.05) is 59.3 Å². The third kappa shape index (κ3) is 12.7. The predicted octanol–water partition coefficient (Wildman–Crippen LogP) is 4.03. The molecule has 1 aliphatic carbocycles. The SMILES string of the molecule is C[C@@H]1NC(=O)N[C@@H]1CCCCCC(=O)NCCOCCOCCOCCN1CC(C2CCCCCCCC2)(C(C)(C)C)NN1. The molecule has 5 N–H and O–H groups in total. The van der Waals surface area contributed by atoms with Gasteiger partial charge in [-0.25, -0.2) is 15.2 Å². The summed E-state index contributed by atoms with van der Waals surface area (Å²) in [6, 6.07) is 0.283.